The van der Waals surface area contributed by atoms with Crippen molar-refractivity contribution in [3.8, 4) is 0 Å². The van der Waals surface area contributed by atoms with Crippen molar-refractivity contribution in [2.24, 2.45) is 5.73 Å². The van der Waals surface area contributed by atoms with Crippen molar-refractivity contribution in [2.75, 3.05) is 18.0 Å². The van der Waals surface area contributed by atoms with E-state index in [4.69, 9.17) is 5.73 Å². The van der Waals surface area contributed by atoms with E-state index in [1.807, 2.05) is 11.0 Å². The fraction of sp³-hybridized carbons (Fsp3) is 0.278. The largest absolute Gasteiger partial charge is 0.354 e. The molecule has 2 aromatic heterocycles. The standard InChI is InChI=1S/C18H16F3N5/c19-12-7-14(21)13(20)6-11(12)10-3-5-26(9-15(10)22)17-8-24-16-2-1-4-23-18(16)25-17/h1-2,4,6-8,10,15H,3,5,9,22H2/t10-,15+/m1/s1. The molecule has 2 atom stereocenters. The number of aromatic nitrogens is 3. The summed E-state index contributed by atoms with van der Waals surface area (Å²) in [4.78, 5) is 15.0. The summed E-state index contributed by atoms with van der Waals surface area (Å²) < 4.78 is 40.7. The van der Waals surface area contributed by atoms with Crippen molar-refractivity contribution >= 4 is 17.0 Å². The first-order valence-electron chi connectivity index (χ1n) is 8.25. The Morgan fingerprint density at radius 1 is 1.08 bits per heavy atom. The van der Waals surface area contributed by atoms with Crippen molar-refractivity contribution in [1.82, 2.24) is 15.0 Å². The number of fused-ring (bicyclic) bond motifs is 1. The second-order valence-corrected chi connectivity index (χ2v) is 6.37. The lowest BCUT2D eigenvalue weighted by molar-refractivity contribution is 0.416. The molecule has 8 heteroatoms. The average Bonchev–Trinajstić information content (AvgIpc) is 2.64. The van der Waals surface area contributed by atoms with Gasteiger partial charge in [-0.3, -0.25) is 0 Å². The third-order valence-electron chi connectivity index (χ3n) is 4.73. The van der Waals surface area contributed by atoms with Crippen molar-refractivity contribution in [2.45, 2.75) is 18.4 Å². The number of piperidine rings is 1. The fourth-order valence-electron chi connectivity index (χ4n) is 3.39. The number of halogens is 3. The van der Waals surface area contributed by atoms with E-state index >= 15 is 0 Å². The summed E-state index contributed by atoms with van der Waals surface area (Å²) in [7, 11) is 0. The topological polar surface area (TPSA) is 67.9 Å². The Hall–Kier alpha value is -2.74. The van der Waals surface area contributed by atoms with Crippen LogP contribution in [0.3, 0.4) is 0 Å². The van der Waals surface area contributed by atoms with Gasteiger partial charge in [0.15, 0.2) is 17.3 Å². The number of benzene rings is 1. The van der Waals surface area contributed by atoms with Crippen molar-refractivity contribution in [3.63, 3.8) is 0 Å². The second kappa shape index (κ2) is 6.53. The molecule has 134 valence electrons. The zero-order chi connectivity index (χ0) is 18.3. The molecule has 0 aliphatic carbocycles. The number of pyridine rings is 1. The van der Waals surface area contributed by atoms with Crippen LogP contribution in [0.15, 0.2) is 36.7 Å². The van der Waals surface area contributed by atoms with Gasteiger partial charge < -0.3 is 10.6 Å². The maximum absolute atomic E-state index is 14.1. The molecule has 26 heavy (non-hydrogen) atoms. The summed E-state index contributed by atoms with van der Waals surface area (Å²) in [5.41, 5.74) is 7.56. The highest BCUT2D eigenvalue weighted by molar-refractivity contribution is 5.70. The molecule has 1 saturated heterocycles. The third-order valence-corrected chi connectivity index (χ3v) is 4.73. The third kappa shape index (κ3) is 2.96. The number of hydrogen-bond acceptors (Lipinski definition) is 5. The molecule has 0 unspecified atom stereocenters. The first-order valence-corrected chi connectivity index (χ1v) is 8.25. The SMILES string of the molecule is N[C@H]1CN(c2cnc3cccnc3n2)CC[C@@H]1c1cc(F)c(F)cc1F. The Kier molecular flexibility index (Phi) is 4.20. The van der Waals surface area contributed by atoms with Gasteiger partial charge in [0, 0.05) is 37.3 Å². The molecule has 0 spiro atoms. The van der Waals surface area contributed by atoms with Gasteiger partial charge in [-0.15, -0.1) is 0 Å². The van der Waals surface area contributed by atoms with E-state index in [0.717, 1.165) is 6.07 Å². The summed E-state index contributed by atoms with van der Waals surface area (Å²) in [5, 5.41) is 0. The van der Waals surface area contributed by atoms with Gasteiger partial charge in [0.05, 0.1) is 6.20 Å². The molecule has 0 amide bonds. The Labute approximate surface area is 147 Å². The molecule has 0 radical (unpaired) electrons. The molecule has 5 nitrogen and oxygen atoms in total. The normalized spacial score (nSPS) is 20.5. The number of rotatable bonds is 2. The predicted octanol–water partition coefficient (Wildman–Crippen LogP) is 2.76. The van der Waals surface area contributed by atoms with E-state index in [1.165, 1.54) is 0 Å². The molecule has 1 fully saturated rings. The minimum Gasteiger partial charge on any atom is -0.354 e. The lowest BCUT2D eigenvalue weighted by atomic mass is 9.85. The summed E-state index contributed by atoms with van der Waals surface area (Å²) in [6.07, 6.45) is 3.78. The van der Waals surface area contributed by atoms with E-state index < -0.39 is 29.4 Å². The highest BCUT2D eigenvalue weighted by Gasteiger charge is 2.31. The first-order chi connectivity index (χ1) is 12.5. The van der Waals surface area contributed by atoms with Crippen LogP contribution in [0.5, 0.6) is 0 Å². The van der Waals surface area contributed by atoms with E-state index in [9.17, 15) is 13.2 Å². The summed E-state index contributed by atoms with van der Waals surface area (Å²) in [5.74, 6) is -2.80. The van der Waals surface area contributed by atoms with Gasteiger partial charge in [-0.25, -0.2) is 28.1 Å². The first kappa shape index (κ1) is 16.7. The molecule has 1 aromatic carbocycles. The Balaban J connectivity index is 1.57. The minimum absolute atomic E-state index is 0.113. The van der Waals surface area contributed by atoms with Crippen LogP contribution in [-0.4, -0.2) is 34.1 Å². The van der Waals surface area contributed by atoms with Gasteiger partial charge >= 0.3 is 0 Å². The van der Waals surface area contributed by atoms with Gasteiger partial charge in [0.25, 0.3) is 0 Å². The molecule has 0 saturated carbocycles. The van der Waals surface area contributed by atoms with Gasteiger partial charge in [0.1, 0.15) is 17.2 Å². The molecule has 0 bridgehead atoms. The summed E-state index contributed by atoms with van der Waals surface area (Å²) in [6.45, 7) is 0.944. The average molecular weight is 359 g/mol. The van der Waals surface area contributed by atoms with Crippen LogP contribution < -0.4 is 10.6 Å². The van der Waals surface area contributed by atoms with Gasteiger partial charge in [-0.05, 0) is 30.2 Å². The Bertz CT molecular complexity index is 965. The predicted molar refractivity (Wildman–Crippen MR) is 91.2 cm³/mol. The zero-order valence-corrected chi connectivity index (χ0v) is 13.7. The molecule has 2 N–H and O–H groups in total. The van der Waals surface area contributed by atoms with Crippen LogP contribution in [0.4, 0.5) is 19.0 Å². The van der Waals surface area contributed by atoms with E-state index in [2.05, 4.69) is 15.0 Å². The number of hydrogen-bond donors (Lipinski definition) is 1. The Morgan fingerprint density at radius 3 is 2.69 bits per heavy atom. The Morgan fingerprint density at radius 2 is 1.88 bits per heavy atom. The van der Waals surface area contributed by atoms with Crippen LogP contribution in [0.1, 0.15) is 17.9 Å². The highest BCUT2D eigenvalue weighted by Crippen LogP contribution is 2.32. The lowest BCUT2D eigenvalue weighted by Crippen LogP contribution is -2.48. The minimum atomic E-state index is -1.20. The van der Waals surface area contributed by atoms with Crippen LogP contribution in [0.2, 0.25) is 0 Å². The maximum Gasteiger partial charge on any atom is 0.180 e. The molecule has 1 aliphatic heterocycles. The van der Waals surface area contributed by atoms with E-state index in [0.29, 0.717) is 42.6 Å². The fourth-order valence-corrected chi connectivity index (χ4v) is 3.39. The molecule has 4 rings (SSSR count). The summed E-state index contributed by atoms with van der Waals surface area (Å²) >= 11 is 0. The molecular formula is C18H16F3N5. The second-order valence-electron chi connectivity index (χ2n) is 6.37. The van der Waals surface area contributed by atoms with Crippen LogP contribution in [-0.2, 0) is 0 Å². The van der Waals surface area contributed by atoms with Gasteiger partial charge in [0.2, 0.25) is 0 Å². The van der Waals surface area contributed by atoms with Crippen LogP contribution in [0.25, 0.3) is 11.2 Å². The summed E-state index contributed by atoms with van der Waals surface area (Å²) in [6, 6.07) is 4.64. The van der Waals surface area contributed by atoms with Gasteiger partial charge in [-0.2, -0.15) is 0 Å². The molecule has 3 aromatic rings. The molecular weight excluding hydrogens is 343 g/mol. The lowest BCUT2D eigenvalue weighted by Gasteiger charge is -2.37. The van der Waals surface area contributed by atoms with E-state index in [1.54, 1.807) is 18.5 Å². The molecule has 3 heterocycles. The van der Waals surface area contributed by atoms with Crippen molar-refractivity contribution in [1.29, 1.82) is 0 Å². The monoisotopic (exact) mass is 359 g/mol. The smallest absolute Gasteiger partial charge is 0.180 e. The maximum atomic E-state index is 14.1. The van der Waals surface area contributed by atoms with Crippen LogP contribution >= 0.6 is 0 Å². The zero-order valence-electron chi connectivity index (χ0n) is 13.7. The van der Waals surface area contributed by atoms with Crippen molar-refractivity contribution < 1.29 is 13.2 Å². The number of anilines is 1. The molecule has 1 aliphatic rings. The number of nitrogens with zero attached hydrogens (tertiary/aromatic N) is 4. The quantitative estimate of drug-likeness (QED) is 0.713. The number of nitrogens with two attached hydrogens (primary N) is 1. The van der Waals surface area contributed by atoms with E-state index in [-0.39, 0.29) is 5.56 Å². The van der Waals surface area contributed by atoms with Gasteiger partial charge in [-0.1, -0.05) is 0 Å². The highest BCUT2D eigenvalue weighted by atomic mass is 19.2. The van der Waals surface area contributed by atoms with Crippen LogP contribution in [0, 0.1) is 17.5 Å². The van der Waals surface area contributed by atoms with Crippen molar-refractivity contribution in [3.05, 3.63) is 59.7 Å².